The molecule has 3 aromatic rings. The van der Waals surface area contributed by atoms with Gasteiger partial charge in [0, 0.05) is 24.7 Å². The van der Waals surface area contributed by atoms with Crippen LogP contribution >= 0.6 is 11.6 Å². The summed E-state index contributed by atoms with van der Waals surface area (Å²) in [7, 11) is 3.12. The summed E-state index contributed by atoms with van der Waals surface area (Å²) in [6.07, 6.45) is 0.413. The highest BCUT2D eigenvalue weighted by atomic mass is 35.5. The number of carbonyl (C=O) groups is 1. The fraction of sp³-hybridized carbons (Fsp3) is 0.273. The van der Waals surface area contributed by atoms with E-state index in [1.54, 1.807) is 30.1 Å². The first kappa shape index (κ1) is 21.2. The topological polar surface area (TPSA) is 47.4 Å². The summed E-state index contributed by atoms with van der Waals surface area (Å²) >= 11 is 6.33. The van der Waals surface area contributed by atoms with E-state index in [1.165, 1.54) is 11.8 Å². The number of aromatic nitrogens is 2. The minimum atomic E-state index is -1.51. The van der Waals surface area contributed by atoms with Crippen molar-refractivity contribution in [2.24, 2.45) is 7.05 Å². The number of methoxy groups -OCH3 is 1. The lowest BCUT2D eigenvalue weighted by Crippen LogP contribution is -2.39. The molecule has 0 radical (unpaired) electrons. The minimum Gasteiger partial charge on any atom is -0.495 e. The molecule has 4 rings (SSSR count). The van der Waals surface area contributed by atoms with Crippen molar-refractivity contribution in [3.8, 4) is 17.0 Å². The molecule has 0 saturated heterocycles. The summed E-state index contributed by atoms with van der Waals surface area (Å²) < 4.78 is 47.7. The van der Waals surface area contributed by atoms with Crippen LogP contribution in [0.2, 0.25) is 5.02 Å². The Morgan fingerprint density at radius 2 is 1.90 bits per heavy atom. The predicted molar refractivity (Wildman–Crippen MR) is 110 cm³/mol. The van der Waals surface area contributed by atoms with Gasteiger partial charge in [-0.1, -0.05) is 17.7 Å². The van der Waals surface area contributed by atoms with Crippen molar-refractivity contribution < 1.29 is 22.7 Å². The van der Waals surface area contributed by atoms with Crippen LogP contribution < -0.4 is 4.74 Å². The molecule has 0 saturated carbocycles. The fourth-order valence-corrected chi connectivity index (χ4v) is 4.35. The first-order valence-corrected chi connectivity index (χ1v) is 9.96. The summed E-state index contributed by atoms with van der Waals surface area (Å²) in [5.74, 6) is -3.91. The van der Waals surface area contributed by atoms with Crippen molar-refractivity contribution >= 4 is 17.5 Å². The molecular formula is C22H19ClF3N3O2. The van der Waals surface area contributed by atoms with Crippen LogP contribution in [0.4, 0.5) is 13.2 Å². The van der Waals surface area contributed by atoms with Crippen LogP contribution in [0.1, 0.15) is 34.6 Å². The summed E-state index contributed by atoms with van der Waals surface area (Å²) in [5, 5.41) is 4.73. The number of ether oxygens (including phenoxy) is 1. The first-order valence-electron chi connectivity index (χ1n) is 9.58. The van der Waals surface area contributed by atoms with Gasteiger partial charge in [0.1, 0.15) is 5.75 Å². The van der Waals surface area contributed by atoms with E-state index in [9.17, 15) is 18.0 Å². The zero-order valence-corrected chi connectivity index (χ0v) is 17.8. The van der Waals surface area contributed by atoms with Crippen LogP contribution in [0.25, 0.3) is 11.3 Å². The highest BCUT2D eigenvalue weighted by molar-refractivity contribution is 6.35. The monoisotopic (exact) mass is 449 g/mol. The van der Waals surface area contributed by atoms with E-state index in [0.29, 0.717) is 35.7 Å². The fourth-order valence-electron chi connectivity index (χ4n) is 4.06. The van der Waals surface area contributed by atoms with E-state index in [0.717, 1.165) is 17.7 Å². The molecule has 0 aliphatic carbocycles. The summed E-state index contributed by atoms with van der Waals surface area (Å²) in [6, 6.07) is 6.48. The highest BCUT2D eigenvalue weighted by Crippen LogP contribution is 2.38. The summed E-state index contributed by atoms with van der Waals surface area (Å²) in [4.78, 5) is 14.9. The quantitative estimate of drug-likeness (QED) is 0.533. The third kappa shape index (κ3) is 3.44. The molecule has 1 aromatic heterocycles. The van der Waals surface area contributed by atoms with Crippen molar-refractivity contribution in [3.63, 3.8) is 0 Å². The molecule has 2 heterocycles. The minimum absolute atomic E-state index is 0.190. The van der Waals surface area contributed by atoms with E-state index in [2.05, 4.69) is 5.10 Å². The van der Waals surface area contributed by atoms with Gasteiger partial charge in [-0.05, 0) is 37.6 Å². The number of fused-ring (bicyclic) bond motifs is 1. The van der Waals surface area contributed by atoms with Crippen LogP contribution in [0, 0.1) is 17.5 Å². The lowest BCUT2D eigenvalue weighted by molar-refractivity contribution is 0.0673. The third-order valence-corrected chi connectivity index (χ3v) is 5.96. The molecular weight excluding hydrogens is 431 g/mol. The van der Waals surface area contributed by atoms with Crippen LogP contribution in [-0.4, -0.2) is 34.2 Å². The number of rotatable bonds is 3. The molecule has 0 N–H and O–H groups in total. The largest absolute Gasteiger partial charge is 0.495 e. The molecule has 0 fully saturated rings. The number of nitrogens with zero attached hydrogens (tertiary/aromatic N) is 3. The molecule has 31 heavy (non-hydrogen) atoms. The molecule has 2 aromatic carbocycles. The molecule has 1 aliphatic heterocycles. The maximum absolute atomic E-state index is 13.8. The SMILES string of the molecule is COc1cccc(C(=O)N2CCc3c(nn(C)c3-c3cc(F)c(F)c(F)c3)[C@@H]2C)c1Cl. The van der Waals surface area contributed by atoms with Gasteiger partial charge in [-0.2, -0.15) is 5.10 Å². The second-order valence-electron chi connectivity index (χ2n) is 7.34. The third-order valence-electron chi connectivity index (χ3n) is 5.57. The zero-order valence-electron chi connectivity index (χ0n) is 17.0. The lowest BCUT2D eigenvalue weighted by Gasteiger charge is -2.33. The lowest BCUT2D eigenvalue weighted by atomic mass is 9.95. The molecule has 9 heteroatoms. The van der Waals surface area contributed by atoms with E-state index in [-0.39, 0.29) is 16.5 Å². The van der Waals surface area contributed by atoms with Crippen molar-refractivity contribution in [1.29, 1.82) is 0 Å². The molecule has 162 valence electrons. The Morgan fingerprint density at radius 3 is 2.55 bits per heavy atom. The number of amides is 1. The van der Waals surface area contributed by atoms with E-state index in [4.69, 9.17) is 16.3 Å². The van der Waals surface area contributed by atoms with Crippen molar-refractivity contribution in [3.05, 3.63) is 69.6 Å². The average molecular weight is 450 g/mol. The van der Waals surface area contributed by atoms with E-state index >= 15 is 0 Å². The second kappa shape index (κ2) is 7.92. The van der Waals surface area contributed by atoms with Gasteiger partial charge in [0.25, 0.3) is 5.91 Å². The van der Waals surface area contributed by atoms with Gasteiger partial charge in [-0.3, -0.25) is 9.48 Å². The normalized spacial score (nSPS) is 15.7. The highest BCUT2D eigenvalue weighted by Gasteiger charge is 2.34. The van der Waals surface area contributed by atoms with Crippen molar-refractivity contribution in [2.45, 2.75) is 19.4 Å². The smallest absolute Gasteiger partial charge is 0.256 e. The predicted octanol–water partition coefficient (Wildman–Crippen LogP) is 4.93. The molecule has 0 bridgehead atoms. The van der Waals surface area contributed by atoms with E-state index < -0.39 is 23.5 Å². The van der Waals surface area contributed by atoms with Crippen LogP contribution in [0.15, 0.2) is 30.3 Å². The van der Waals surface area contributed by atoms with Gasteiger partial charge in [-0.25, -0.2) is 13.2 Å². The number of halogens is 4. The molecule has 5 nitrogen and oxygen atoms in total. The standard InChI is InChI=1S/C22H19ClF3N3O2/c1-11-20-14(21(28(2)27-20)12-9-15(24)19(26)16(25)10-12)7-8-29(11)22(30)13-5-4-6-17(31-3)18(13)23/h4-6,9-11H,7-8H2,1-3H3/t11-/m0/s1. The Bertz CT molecular complexity index is 1170. The van der Waals surface area contributed by atoms with Crippen molar-refractivity contribution in [1.82, 2.24) is 14.7 Å². The summed E-state index contributed by atoms with van der Waals surface area (Å²) in [6.45, 7) is 2.18. The molecule has 1 amide bonds. The van der Waals surface area contributed by atoms with Gasteiger partial charge in [0.05, 0.1) is 35.1 Å². The number of benzene rings is 2. The van der Waals surface area contributed by atoms with Crippen LogP contribution in [-0.2, 0) is 13.5 Å². The van der Waals surface area contributed by atoms with Gasteiger partial charge in [0.2, 0.25) is 0 Å². The van der Waals surface area contributed by atoms with Crippen LogP contribution in [0.3, 0.4) is 0 Å². The maximum Gasteiger partial charge on any atom is 0.256 e. The van der Waals surface area contributed by atoms with E-state index in [1.807, 2.05) is 6.92 Å². The van der Waals surface area contributed by atoms with Crippen LogP contribution in [0.5, 0.6) is 5.75 Å². The Balaban J connectivity index is 1.72. The molecule has 1 aliphatic rings. The second-order valence-corrected chi connectivity index (χ2v) is 7.71. The van der Waals surface area contributed by atoms with Gasteiger partial charge in [0.15, 0.2) is 17.5 Å². The molecule has 0 spiro atoms. The van der Waals surface area contributed by atoms with Gasteiger partial charge < -0.3 is 9.64 Å². The maximum atomic E-state index is 13.8. The zero-order chi connectivity index (χ0) is 22.4. The van der Waals surface area contributed by atoms with Gasteiger partial charge >= 0.3 is 0 Å². The van der Waals surface area contributed by atoms with Gasteiger partial charge in [-0.15, -0.1) is 0 Å². The Hall–Kier alpha value is -3.00. The Labute approximate surface area is 182 Å². The number of aryl methyl sites for hydroxylation is 1. The molecule has 1 atom stereocenters. The average Bonchev–Trinajstić information content (AvgIpc) is 3.08. The molecule has 0 unspecified atom stereocenters. The summed E-state index contributed by atoms with van der Waals surface area (Å²) in [5.41, 5.74) is 2.37. The first-order chi connectivity index (χ1) is 14.7. The number of carbonyl (C=O) groups excluding carboxylic acids is 1. The Kier molecular flexibility index (Phi) is 5.43. The van der Waals surface area contributed by atoms with Crippen molar-refractivity contribution in [2.75, 3.05) is 13.7 Å². The Morgan fingerprint density at radius 1 is 1.23 bits per heavy atom. The number of hydrogen-bond acceptors (Lipinski definition) is 3. The number of hydrogen-bond donors (Lipinski definition) is 0.